The highest BCUT2D eigenvalue weighted by Crippen LogP contribution is 2.42. The molecule has 0 spiro atoms. The average molecular weight is 417 g/mol. The maximum atomic E-state index is 12.6. The van der Waals surface area contributed by atoms with Gasteiger partial charge in [-0.2, -0.15) is 0 Å². The Hall–Kier alpha value is -2.85. The van der Waals surface area contributed by atoms with Crippen molar-refractivity contribution in [1.29, 1.82) is 0 Å². The molecule has 0 fully saturated rings. The topological polar surface area (TPSA) is 35.5 Å². The molecule has 4 rings (SSSR count). The number of benzene rings is 3. The number of fused-ring (bicyclic) bond motifs is 1. The van der Waals surface area contributed by atoms with Crippen molar-refractivity contribution in [2.75, 3.05) is 7.11 Å². The minimum absolute atomic E-state index is 0.134. The summed E-state index contributed by atoms with van der Waals surface area (Å²) >= 11 is 0. The van der Waals surface area contributed by atoms with Gasteiger partial charge in [-0.05, 0) is 34.0 Å². The molecule has 0 aromatic heterocycles. The highest BCUT2D eigenvalue weighted by molar-refractivity contribution is 7.00. The quantitative estimate of drug-likeness (QED) is 0.563. The summed E-state index contributed by atoms with van der Waals surface area (Å²) in [6.45, 7) is 6.77. The summed E-state index contributed by atoms with van der Waals surface area (Å²) < 4.78 is 12.6. The van der Waals surface area contributed by atoms with Gasteiger partial charge in [-0.15, -0.1) is 0 Å². The third-order valence-corrected chi connectivity index (χ3v) is 10.9. The van der Waals surface area contributed by atoms with Crippen LogP contribution in [-0.2, 0) is 6.42 Å². The fraction of sp³-hybridized carbons (Fsp3) is 0.269. The maximum Gasteiger partial charge on any atom is 0.319 e. The van der Waals surface area contributed by atoms with Crippen molar-refractivity contribution in [1.82, 2.24) is 0 Å². The first-order chi connectivity index (χ1) is 14.4. The molecule has 0 bridgehead atoms. The van der Waals surface area contributed by atoms with E-state index in [1.54, 1.807) is 7.11 Å². The van der Waals surface area contributed by atoms with Gasteiger partial charge in [0.1, 0.15) is 11.5 Å². The molecule has 0 amide bonds. The Kier molecular flexibility index (Phi) is 5.29. The molecular weight excluding hydrogens is 388 g/mol. The monoisotopic (exact) mass is 416 g/mol. The van der Waals surface area contributed by atoms with E-state index >= 15 is 0 Å². The lowest BCUT2D eigenvalue weighted by molar-refractivity contribution is 0.0992. The minimum Gasteiger partial charge on any atom is -0.534 e. The molecule has 3 aromatic carbocycles. The number of rotatable bonds is 5. The molecule has 3 nitrogen and oxygen atoms in total. The number of hydrogen-bond acceptors (Lipinski definition) is 3. The first-order valence-corrected chi connectivity index (χ1v) is 12.3. The van der Waals surface area contributed by atoms with Crippen LogP contribution in [0.25, 0.3) is 0 Å². The van der Waals surface area contributed by atoms with Gasteiger partial charge in [0.15, 0.2) is 5.78 Å². The van der Waals surface area contributed by atoms with E-state index in [4.69, 9.17) is 9.16 Å². The van der Waals surface area contributed by atoms with Gasteiger partial charge in [-0.1, -0.05) is 81.4 Å². The lowest BCUT2D eigenvalue weighted by Crippen LogP contribution is -2.68. The summed E-state index contributed by atoms with van der Waals surface area (Å²) in [7, 11) is -1.12. The van der Waals surface area contributed by atoms with Crippen molar-refractivity contribution in [3.8, 4) is 11.5 Å². The lowest BCUT2D eigenvalue weighted by Gasteiger charge is -2.43. The fourth-order valence-corrected chi connectivity index (χ4v) is 9.06. The first-order valence-electron chi connectivity index (χ1n) is 10.4. The van der Waals surface area contributed by atoms with E-state index in [1.165, 1.54) is 10.4 Å². The van der Waals surface area contributed by atoms with Gasteiger partial charge in [-0.3, -0.25) is 4.79 Å². The summed E-state index contributed by atoms with van der Waals surface area (Å²) in [6, 6.07) is 25.0. The maximum absolute atomic E-state index is 12.6. The van der Waals surface area contributed by atoms with Crippen LogP contribution < -0.4 is 19.5 Å². The van der Waals surface area contributed by atoms with Gasteiger partial charge >= 0.3 is 8.32 Å². The molecule has 154 valence electrons. The number of methoxy groups -OCH3 is 1. The van der Waals surface area contributed by atoms with Crippen LogP contribution in [0.5, 0.6) is 11.5 Å². The Labute approximate surface area is 179 Å². The van der Waals surface area contributed by atoms with Crippen molar-refractivity contribution in [3.05, 3.63) is 83.9 Å². The van der Waals surface area contributed by atoms with Gasteiger partial charge in [0.2, 0.25) is 0 Å². The van der Waals surface area contributed by atoms with E-state index in [-0.39, 0.29) is 10.8 Å². The number of carbonyl (C=O) groups excluding carboxylic acids is 1. The molecule has 0 heterocycles. The van der Waals surface area contributed by atoms with E-state index in [0.29, 0.717) is 24.2 Å². The Morgan fingerprint density at radius 2 is 1.30 bits per heavy atom. The second-order valence-corrected chi connectivity index (χ2v) is 13.0. The molecule has 1 aliphatic carbocycles. The molecule has 0 atom stereocenters. The van der Waals surface area contributed by atoms with Crippen LogP contribution in [0.4, 0.5) is 0 Å². The second-order valence-electron chi connectivity index (χ2n) is 8.81. The zero-order valence-corrected chi connectivity index (χ0v) is 19.1. The zero-order chi connectivity index (χ0) is 21.4. The molecule has 3 aromatic rings. The van der Waals surface area contributed by atoms with Crippen LogP contribution in [0.15, 0.2) is 72.8 Å². The number of ketones is 1. The molecule has 0 saturated carbocycles. The summed E-state index contributed by atoms with van der Waals surface area (Å²) in [4.78, 5) is 12.6. The Bertz CT molecular complexity index is 1010. The normalized spacial score (nSPS) is 13.8. The highest BCUT2D eigenvalue weighted by atomic mass is 28.4. The lowest BCUT2D eigenvalue weighted by atomic mass is 10.1. The van der Waals surface area contributed by atoms with Crippen LogP contribution in [-0.4, -0.2) is 21.2 Å². The van der Waals surface area contributed by atoms with E-state index in [2.05, 4.69) is 69.3 Å². The van der Waals surface area contributed by atoms with E-state index in [0.717, 1.165) is 11.3 Å². The Balaban J connectivity index is 1.97. The van der Waals surface area contributed by atoms with Crippen molar-refractivity contribution in [2.24, 2.45) is 0 Å². The van der Waals surface area contributed by atoms with E-state index in [1.807, 2.05) is 24.3 Å². The molecule has 0 saturated heterocycles. The molecular formula is C26H28O3Si. The molecule has 0 radical (unpaired) electrons. The summed E-state index contributed by atoms with van der Waals surface area (Å²) in [5, 5.41) is 2.31. The van der Waals surface area contributed by atoms with Gasteiger partial charge in [0.25, 0.3) is 0 Å². The van der Waals surface area contributed by atoms with Crippen molar-refractivity contribution < 1.29 is 14.0 Å². The molecule has 0 aliphatic heterocycles. The van der Waals surface area contributed by atoms with E-state index in [9.17, 15) is 4.79 Å². The average Bonchev–Trinajstić information content (AvgIpc) is 3.14. The zero-order valence-electron chi connectivity index (χ0n) is 18.1. The summed E-state index contributed by atoms with van der Waals surface area (Å²) in [5.41, 5.74) is 1.67. The second kappa shape index (κ2) is 7.76. The Morgan fingerprint density at radius 1 is 0.767 bits per heavy atom. The predicted molar refractivity (Wildman–Crippen MR) is 124 cm³/mol. The standard InChI is InChI=1S/C26H28O3Si/c1-26(2,3)30(19-11-7-5-8-12-19,20-13-9-6-10-14-20)29-23-17-18-24(28-4)25-21(23)15-16-22(25)27/h5-14,17-18H,15-16H2,1-4H3. The van der Waals surface area contributed by atoms with Crippen LogP contribution in [0, 0.1) is 0 Å². The van der Waals surface area contributed by atoms with Crippen LogP contribution in [0.1, 0.15) is 43.1 Å². The fourth-order valence-electron chi connectivity index (χ4n) is 4.60. The predicted octanol–water partition coefficient (Wildman–Crippen LogP) is 4.76. The third-order valence-electron chi connectivity index (χ3n) is 6.01. The van der Waals surface area contributed by atoms with Crippen LogP contribution >= 0.6 is 0 Å². The van der Waals surface area contributed by atoms with Crippen molar-refractivity contribution >= 4 is 24.5 Å². The largest absolute Gasteiger partial charge is 0.534 e. The minimum atomic E-state index is -2.73. The van der Waals surface area contributed by atoms with Crippen LogP contribution in [0.3, 0.4) is 0 Å². The number of ether oxygens (including phenoxy) is 1. The molecule has 0 N–H and O–H groups in total. The molecule has 30 heavy (non-hydrogen) atoms. The van der Waals surface area contributed by atoms with Crippen molar-refractivity contribution in [2.45, 2.75) is 38.7 Å². The summed E-state index contributed by atoms with van der Waals surface area (Å²) in [5.74, 6) is 1.59. The highest BCUT2D eigenvalue weighted by Gasteiger charge is 2.52. The molecule has 1 aliphatic rings. The summed E-state index contributed by atoms with van der Waals surface area (Å²) in [6.07, 6.45) is 1.20. The van der Waals surface area contributed by atoms with Gasteiger partial charge < -0.3 is 9.16 Å². The van der Waals surface area contributed by atoms with Gasteiger partial charge in [0, 0.05) is 12.0 Å². The Morgan fingerprint density at radius 3 is 1.80 bits per heavy atom. The van der Waals surface area contributed by atoms with E-state index < -0.39 is 8.32 Å². The van der Waals surface area contributed by atoms with Crippen LogP contribution in [0.2, 0.25) is 5.04 Å². The van der Waals surface area contributed by atoms with Gasteiger partial charge in [-0.25, -0.2) is 0 Å². The first kappa shape index (κ1) is 20.4. The SMILES string of the molecule is COc1ccc(O[Si](c2ccccc2)(c2ccccc2)C(C)(C)C)c2c1C(=O)CC2. The third kappa shape index (κ3) is 3.25. The number of carbonyl (C=O) groups is 1. The molecule has 0 unspecified atom stereocenters. The number of Topliss-reactive ketones (excluding diaryl/α,β-unsaturated/α-hetero) is 1. The smallest absolute Gasteiger partial charge is 0.319 e. The molecule has 4 heteroatoms. The number of hydrogen-bond donors (Lipinski definition) is 0. The van der Waals surface area contributed by atoms with Crippen molar-refractivity contribution in [3.63, 3.8) is 0 Å². The van der Waals surface area contributed by atoms with Gasteiger partial charge in [0.05, 0.1) is 12.7 Å².